The summed E-state index contributed by atoms with van der Waals surface area (Å²) in [4.78, 5) is 10.2. The molecule has 1 saturated heterocycles. The maximum Gasteiger partial charge on any atom is 0.269 e. The van der Waals surface area contributed by atoms with Gasteiger partial charge in [0.2, 0.25) is 0 Å². The van der Waals surface area contributed by atoms with Gasteiger partial charge in [-0.05, 0) is 0 Å². The summed E-state index contributed by atoms with van der Waals surface area (Å²) in [5.74, 6) is 0. The van der Waals surface area contributed by atoms with Crippen molar-refractivity contribution in [3.05, 3.63) is 39.9 Å². The van der Waals surface area contributed by atoms with Crippen LogP contribution >= 0.6 is 0 Å². The molecule has 0 radical (unpaired) electrons. The van der Waals surface area contributed by atoms with Crippen LogP contribution < -0.4 is 0 Å². The Morgan fingerprint density at radius 1 is 1.27 bits per heavy atom. The lowest BCUT2D eigenvalue weighted by atomic mass is 10.0. The first-order chi connectivity index (χ1) is 10.5. The summed E-state index contributed by atoms with van der Waals surface area (Å²) < 4.78 is 10.9. The Bertz CT molecular complexity index is 525. The van der Waals surface area contributed by atoms with Gasteiger partial charge in [0, 0.05) is 17.7 Å². The van der Waals surface area contributed by atoms with Gasteiger partial charge in [0.05, 0.1) is 18.1 Å². The number of benzene rings is 1. The zero-order valence-electron chi connectivity index (χ0n) is 11.5. The highest BCUT2D eigenvalue weighted by atomic mass is 16.7. The van der Waals surface area contributed by atoms with Crippen LogP contribution in [-0.4, -0.2) is 63.0 Å². The molecule has 0 aromatic heterocycles. The number of hydrogen-bond acceptors (Lipinski definition) is 8. The van der Waals surface area contributed by atoms with Gasteiger partial charge in [-0.3, -0.25) is 10.1 Å². The van der Waals surface area contributed by atoms with Crippen LogP contribution in [0.4, 0.5) is 5.69 Å². The highest BCUT2D eigenvalue weighted by Gasteiger charge is 2.43. The molecule has 1 heterocycles. The minimum absolute atomic E-state index is 0.148. The Hall–Kier alpha value is -1.62. The second kappa shape index (κ2) is 7.09. The molecule has 2 rings (SSSR count). The fourth-order valence-electron chi connectivity index (χ4n) is 2.22. The standard InChI is InChI=1S/C13H17NO8/c15-5-9(17)11(18)12-10(6-16)21-13(22-12)7-2-1-3-8(4-7)14(19)20/h1-4,9-13,15-18H,5-6H2/t9-,10+,11+,12+,13?/m0/s1. The smallest absolute Gasteiger partial charge is 0.269 e. The summed E-state index contributed by atoms with van der Waals surface area (Å²) >= 11 is 0. The molecule has 1 aromatic carbocycles. The van der Waals surface area contributed by atoms with Crippen LogP contribution in [-0.2, 0) is 9.47 Å². The Balaban J connectivity index is 2.18. The van der Waals surface area contributed by atoms with Gasteiger partial charge in [0.1, 0.15) is 24.4 Å². The molecule has 0 aliphatic carbocycles. The number of aliphatic hydroxyl groups excluding tert-OH is 4. The fraction of sp³-hybridized carbons (Fsp3) is 0.538. The quantitative estimate of drug-likeness (QED) is 0.390. The second-order valence-corrected chi connectivity index (χ2v) is 4.88. The molecule has 1 aliphatic heterocycles. The third-order valence-corrected chi connectivity index (χ3v) is 3.40. The van der Waals surface area contributed by atoms with Crippen molar-refractivity contribution in [3.8, 4) is 0 Å². The van der Waals surface area contributed by atoms with Crippen molar-refractivity contribution in [1.29, 1.82) is 0 Å². The van der Waals surface area contributed by atoms with Crippen molar-refractivity contribution in [2.75, 3.05) is 13.2 Å². The number of nitro groups is 1. The van der Waals surface area contributed by atoms with Crippen molar-refractivity contribution in [1.82, 2.24) is 0 Å². The molecule has 4 N–H and O–H groups in total. The first-order valence-electron chi connectivity index (χ1n) is 6.61. The molecule has 22 heavy (non-hydrogen) atoms. The average Bonchev–Trinajstić information content (AvgIpc) is 2.97. The fourth-order valence-corrected chi connectivity index (χ4v) is 2.22. The Kier molecular flexibility index (Phi) is 5.40. The summed E-state index contributed by atoms with van der Waals surface area (Å²) in [6, 6.07) is 5.57. The van der Waals surface area contributed by atoms with Gasteiger partial charge in [0.15, 0.2) is 6.29 Å². The molecule has 1 aromatic rings. The van der Waals surface area contributed by atoms with Gasteiger partial charge < -0.3 is 29.9 Å². The van der Waals surface area contributed by atoms with Gasteiger partial charge in [-0.25, -0.2) is 0 Å². The molecule has 9 heteroatoms. The Morgan fingerprint density at radius 3 is 2.59 bits per heavy atom. The van der Waals surface area contributed by atoms with Gasteiger partial charge in [-0.1, -0.05) is 12.1 Å². The van der Waals surface area contributed by atoms with Crippen LogP contribution in [0.3, 0.4) is 0 Å². The van der Waals surface area contributed by atoms with Crippen LogP contribution in [0.15, 0.2) is 24.3 Å². The topological polar surface area (TPSA) is 143 Å². The van der Waals surface area contributed by atoms with Gasteiger partial charge in [-0.2, -0.15) is 0 Å². The molecule has 0 amide bonds. The molecule has 5 atom stereocenters. The zero-order valence-corrected chi connectivity index (χ0v) is 11.5. The lowest BCUT2D eigenvalue weighted by molar-refractivity contribution is -0.385. The van der Waals surface area contributed by atoms with E-state index >= 15 is 0 Å². The highest BCUT2D eigenvalue weighted by molar-refractivity contribution is 5.35. The Labute approximate surface area is 125 Å². The number of aliphatic hydroxyl groups is 4. The van der Waals surface area contributed by atoms with E-state index in [0.29, 0.717) is 5.56 Å². The minimum Gasteiger partial charge on any atom is -0.394 e. The predicted octanol–water partition coefficient (Wildman–Crippen LogP) is -0.916. The van der Waals surface area contributed by atoms with E-state index in [-0.39, 0.29) is 5.69 Å². The monoisotopic (exact) mass is 315 g/mol. The summed E-state index contributed by atoms with van der Waals surface area (Å²) in [6.07, 6.45) is -5.95. The molecule has 1 fully saturated rings. The molecular formula is C13H17NO8. The number of nitro benzene ring substituents is 1. The predicted molar refractivity (Wildman–Crippen MR) is 71.8 cm³/mol. The van der Waals surface area contributed by atoms with E-state index in [9.17, 15) is 25.4 Å². The van der Waals surface area contributed by atoms with Gasteiger partial charge >= 0.3 is 0 Å². The number of rotatable bonds is 6. The van der Waals surface area contributed by atoms with Crippen molar-refractivity contribution in [3.63, 3.8) is 0 Å². The molecule has 9 nitrogen and oxygen atoms in total. The van der Waals surface area contributed by atoms with E-state index in [1.165, 1.54) is 18.2 Å². The van der Waals surface area contributed by atoms with Crippen molar-refractivity contribution in [2.45, 2.75) is 30.7 Å². The van der Waals surface area contributed by atoms with E-state index in [2.05, 4.69) is 0 Å². The molecule has 122 valence electrons. The maximum absolute atomic E-state index is 10.8. The first-order valence-corrected chi connectivity index (χ1v) is 6.61. The molecule has 0 bridgehead atoms. The molecule has 1 aliphatic rings. The van der Waals surface area contributed by atoms with Crippen LogP contribution in [0.2, 0.25) is 0 Å². The van der Waals surface area contributed by atoms with E-state index in [1.807, 2.05) is 0 Å². The number of hydrogen-bond donors (Lipinski definition) is 4. The highest BCUT2D eigenvalue weighted by Crippen LogP contribution is 2.34. The third kappa shape index (κ3) is 3.40. The summed E-state index contributed by atoms with van der Waals surface area (Å²) in [5.41, 5.74) is 0.200. The minimum atomic E-state index is -1.47. The number of non-ortho nitro benzene ring substituents is 1. The summed E-state index contributed by atoms with van der Waals surface area (Å²) in [6.45, 7) is -1.16. The lowest BCUT2D eigenvalue weighted by Crippen LogP contribution is -2.45. The summed E-state index contributed by atoms with van der Waals surface area (Å²) in [7, 11) is 0. The first kappa shape index (κ1) is 16.7. The van der Waals surface area contributed by atoms with Crippen LogP contribution in [0.1, 0.15) is 11.9 Å². The SMILES string of the molecule is O=[N+]([O-])c1cccc(C2O[C@@H]([C@H](O)[C@@H](O)CO)[C@@H](CO)O2)c1. The van der Waals surface area contributed by atoms with Crippen LogP contribution in [0, 0.1) is 10.1 Å². The van der Waals surface area contributed by atoms with E-state index in [1.54, 1.807) is 6.07 Å². The van der Waals surface area contributed by atoms with E-state index in [4.69, 9.17) is 14.6 Å². The Morgan fingerprint density at radius 2 is 2.00 bits per heavy atom. The molecule has 0 saturated carbocycles. The van der Waals surface area contributed by atoms with Crippen LogP contribution in [0.25, 0.3) is 0 Å². The molecular weight excluding hydrogens is 298 g/mol. The largest absolute Gasteiger partial charge is 0.394 e. The summed E-state index contributed by atoms with van der Waals surface area (Å²) in [5, 5.41) is 48.3. The van der Waals surface area contributed by atoms with Crippen molar-refractivity contribution in [2.24, 2.45) is 0 Å². The van der Waals surface area contributed by atoms with E-state index < -0.39 is 48.8 Å². The van der Waals surface area contributed by atoms with Gasteiger partial charge in [-0.15, -0.1) is 0 Å². The van der Waals surface area contributed by atoms with Crippen LogP contribution in [0.5, 0.6) is 0 Å². The third-order valence-electron chi connectivity index (χ3n) is 3.40. The zero-order chi connectivity index (χ0) is 16.3. The molecule has 1 unspecified atom stereocenters. The molecule has 0 spiro atoms. The van der Waals surface area contributed by atoms with Crippen molar-refractivity contribution < 1.29 is 34.8 Å². The number of nitrogens with zero attached hydrogens (tertiary/aromatic N) is 1. The number of ether oxygens (including phenoxy) is 2. The average molecular weight is 315 g/mol. The second-order valence-electron chi connectivity index (χ2n) is 4.88. The van der Waals surface area contributed by atoms with Crippen molar-refractivity contribution >= 4 is 5.69 Å². The maximum atomic E-state index is 10.8. The van der Waals surface area contributed by atoms with Gasteiger partial charge in [0.25, 0.3) is 5.69 Å². The normalized spacial score (nSPS) is 27.5. The van der Waals surface area contributed by atoms with E-state index in [0.717, 1.165) is 0 Å². The lowest BCUT2D eigenvalue weighted by Gasteiger charge is -2.23.